The molecule has 0 aromatic heterocycles. The Morgan fingerprint density at radius 1 is 1.33 bits per heavy atom. The van der Waals surface area contributed by atoms with Gasteiger partial charge in [-0.3, -0.25) is 9.69 Å². The van der Waals surface area contributed by atoms with Crippen LogP contribution in [0.1, 0.15) is 33.1 Å². The van der Waals surface area contributed by atoms with E-state index in [-0.39, 0.29) is 11.9 Å². The molecule has 4 nitrogen and oxygen atoms in total. The lowest BCUT2D eigenvalue weighted by atomic mass is 9.96. The maximum Gasteiger partial charge on any atom is 0.239 e. The van der Waals surface area contributed by atoms with E-state index in [1.54, 1.807) is 4.90 Å². The van der Waals surface area contributed by atoms with Gasteiger partial charge in [0.15, 0.2) is 0 Å². The van der Waals surface area contributed by atoms with Crippen LogP contribution in [0.2, 0.25) is 0 Å². The molecular formula is C14H29N3O. The predicted octanol–water partition coefficient (Wildman–Crippen LogP) is 1.17. The summed E-state index contributed by atoms with van der Waals surface area (Å²) in [6.45, 7) is 8.56. The van der Waals surface area contributed by atoms with Crippen molar-refractivity contribution in [3.05, 3.63) is 0 Å². The summed E-state index contributed by atoms with van der Waals surface area (Å²) >= 11 is 0. The quantitative estimate of drug-likeness (QED) is 0.774. The molecule has 1 aliphatic rings. The molecule has 0 aromatic carbocycles. The van der Waals surface area contributed by atoms with Crippen LogP contribution in [0, 0.1) is 5.92 Å². The maximum atomic E-state index is 12.1. The van der Waals surface area contributed by atoms with Crippen molar-refractivity contribution >= 4 is 5.91 Å². The third-order valence-corrected chi connectivity index (χ3v) is 3.81. The first-order valence-corrected chi connectivity index (χ1v) is 7.22. The molecule has 1 atom stereocenters. The molecule has 1 saturated heterocycles. The normalized spacial score (nSPS) is 18.9. The van der Waals surface area contributed by atoms with E-state index in [1.807, 2.05) is 21.0 Å². The van der Waals surface area contributed by atoms with E-state index in [2.05, 4.69) is 17.1 Å². The molecule has 1 aliphatic heterocycles. The summed E-state index contributed by atoms with van der Waals surface area (Å²) in [6.07, 6.45) is 3.59. The second-order valence-corrected chi connectivity index (χ2v) is 5.60. The summed E-state index contributed by atoms with van der Waals surface area (Å²) in [5.41, 5.74) is 0. The highest BCUT2D eigenvalue weighted by molar-refractivity contribution is 5.80. The Kier molecular flexibility index (Phi) is 6.65. The number of nitrogens with one attached hydrogen (secondary N) is 1. The van der Waals surface area contributed by atoms with Crippen molar-refractivity contribution in [2.75, 3.05) is 40.3 Å². The zero-order valence-corrected chi connectivity index (χ0v) is 12.4. The molecule has 1 fully saturated rings. The highest BCUT2D eigenvalue weighted by atomic mass is 16.2. The molecule has 1 unspecified atom stereocenters. The Morgan fingerprint density at radius 2 is 1.94 bits per heavy atom. The van der Waals surface area contributed by atoms with E-state index in [0.717, 1.165) is 38.5 Å². The van der Waals surface area contributed by atoms with E-state index in [0.29, 0.717) is 0 Å². The molecule has 1 rings (SSSR count). The Bertz CT molecular complexity index is 249. The molecule has 0 saturated carbocycles. The fourth-order valence-electron chi connectivity index (χ4n) is 2.66. The van der Waals surface area contributed by atoms with E-state index < -0.39 is 0 Å². The van der Waals surface area contributed by atoms with Gasteiger partial charge >= 0.3 is 0 Å². The fourth-order valence-corrected chi connectivity index (χ4v) is 2.66. The minimum Gasteiger partial charge on any atom is -0.347 e. The SMILES string of the molecule is CCCN(CC1CCNCC1)C(C)C(=O)N(C)C. The lowest BCUT2D eigenvalue weighted by Gasteiger charge is -2.34. The van der Waals surface area contributed by atoms with E-state index in [4.69, 9.17) is 0 Å². The first kappa shape index (κ1) is 15.4. The van der Waals surface area contributed by atoms with Crippen molar-refractivity contribution in [1.82, 2.24) is 15.1 Å². The third kappa shape index (κ3) is 4.58. The van der Waals surface area contributed by atoms with Crippen LogP contribution >= 0.6 is 0 Å². The number of likely N-dealkylation sites (N-methyl/N-ethyl adjacent to an activating group) is 1. The second-order valence-electron chi connectivity index (χ2n) is 5.60. The minimum absolute atomic E-state index is 0.00911. The van der Waals surface area contributed by atoms with Gasteiger partial charge in [0.25, 0.3) is 0 Å². The summed E-state index contributed by atoms with van der Waals surface area (Å²) in [6, 6.07) is 0.00911. The number of nitrogens with zero attached hydrogens (tertiary/aromatic N) is 2. The average molecular weight is 255 g/mol. The monoisotopic (exact) mass is 255 g/mol. The molecule has 1 heterocycles. The number of rotatable bonds is 6. The number of piperidine rings is 1. The predicted molar refractivity (Wildman–Crippen MR) is 75.6 cm³/mol. The van der Waals surface area contributed by atoms with Gasteiger partial charge < -0.3 is 10.2 Å². The zero-order valence-electron chi connectivity index (χ0n) is 12.4. The fraction of sp³-hybridized carbons (Fsp3) is 0.929. The van der Waals surface area contributed by atoms with Gasteiger partial charge in [-0.05, 0) is 51.7 Å². The molecule has 0 radical (unpaired) electrons. The van der Waals surface area contributed by atoms with Crippen LogP contribution in [0.4, 0.5) is 0 Å². The number of carbonyl (C=O) groups excluding carboxylic acids is 1. The van der Waals surface area contributed by atoms with Crippen molar-refractivity contribution < 1.29 is 4.79 Å². The molecule has 4 heteroatoms. The Balaban J connectivity index is 2.54. The summed E-state index contributed by atoms with van der Waals surface area (Å²) in [5, 5.41) is 3.40. The minimum atomic E-state index is 0.00911. The van der Waals surface area contributed by atoms with Crippen LogP contribution in [0.3, 0.4) is 0 Å². The Hall–Kier alpha value is -0.610. The number of carbonyl (C=O) groups is 1. The smallest absolute Gasteiger partial charge is 0.239 e. The summed E-state index contributed by atoms with van der Waals surface area (Å²) in [7, 11) is 3.68. The third-order valence-electron chi connectivity index (χ3n) is 3.81. The van der Waals surface area contributed by atoms with Gasteiger partial charge in [0, 0.05) is 20.6 Å². The standard InChI is InChI=1S/C14H29N3O/c1-5-10-17(12(2)14(18)16(3)4)11-13-6-8-15-9-7-13/h12-13,15H,5-11H2,1-4H3. The van der Waals surface area contributed by atoms with Crippen LogP contribution in [0.15, 0.2) is 0 Å². The molecule has 0 spiro atoms. The van der Waals surface area contributed by atoms with Crippen molar-refractivity contribution in [3.8, 4) is 0 Å². The second kappa shape index (κ2) is 7.74. The van der Waals surface area contributed by atoms with Crippen molar-refractivity contribution in [2.45, 2.75) is 39.2 Å². The van der Waals surface area contributed by atoms with E-state index in [1.165, 1.54) is 12.8 Å². The highest BCUT2D eigenvalue weighted by Gasteiger charge is 2.25. The maximum absolute atomic E-state index is 12.1. The lowest BCUT2D eigenvalue weighted by Crippen LogP contribution is -2.47. The van der Waals surface area contributed by atoms with Crippen molar-refractivity contribution in [2.24, 2.45) is 5.92 Å². The number of amides is 1. The Labute approximate surface area is 112 Å². The molecular weight excluding hydrogens is 226 g/mol. The molecule has 1 N–H and O–H groups in total. The topological polar surface area (TPSA) is 35.6 Å². The van der Waals surface area contributed by atoms with Crippen LogP contribution in [0.25, 0.3) is 0 Å². The van der Waals surface area contributed by atoms with E-state index >= 15 is 0 Å². The largest absolute Gasteiger partial charge is 0.347 e. The molecule has 0 aliphatic carbocycles. The van der Waals surface area contributed by atoms with Gasteiger partial charge in [-0.15, -0.1) is 0 Å². The first-order chi connectivity index (χ1) is 8.56. The van der Waals surface area contributed by atoms with Crippen molar-refractivity contribution in [3.63, 3.8) is 0 Å². The summed E-state index contributed by atoms with van der Waals surface area (Å²) in [5.74, 6) is 0.965. The van der Waals surface area contributed by atoms with Gasteiger partial charge in [-0.2, -0.15) is 0 Å². The molecule has 0 bridgehead atoms. The number of hydrogen-bond acceptors (Lipinski definition) is 3. The Morgan fingerprint density at radius 3 is 2.44 bits per heavy atom. The van der Waals surface area contributed by atoms with Gasteiger partial charge in [0.2, 0.25) is 5.91 Å². The zero-order chi connectivity index (χ0) is 13.5. The van der Waals surface area contributed by atoms with Crippen LogP contribution in [0.5, 0.6) is 0 Å². The number of hydrogen-bond donors (Lipinski definition) is 1. The van der Waals surface area contributed by atoms with Crippen LogP contribution in [-0.4, -0.2) is 62.0 Å². The summed E-state index contributed by atoms with van der Waals surface area (Å²) in [4.78, 5) is 16.1. The molecule has 106 valence electrons. The van der Waals surface area contributed by atoms with Gasteiger partial charge in [0.05, 0.1) is 6.04 Å². The van der Waals surface area contributed by atoms with Crippen LogP contribution in [-0.2, 0) is 4.79 Å². The highest BCUT2D eigenvalue weighted by Crippen LogP contribution is 2.16. The van der Waals surface area contributed by atoms with Gasteiger partial charge in [0.1, 0.15) is 0 Å². The molecule has 1 amide bonds. The van der Waals surface area contributed by atoms with Crippen molar-refractivity contribution in [1.29, 1.82) is 0 Å². The first-order valence-electron chi connectivity index (χ1n) is 7.22. The van der Waals surface area contributed by atoms with E-state index in [9.17, 15) is 4.79 Å². The molecule has 18 heavy (non-hydrogen) atoms. The van der Waals surface area contributed by atoms with Crippen LogP contribution < -0.4 is 5.32 Å². The lowest BCUT2D eigenvalue weighted by molar-refractivity contribution is -0.134. The summed E-state index contributed by atoms with van der Waals surface area (Å²) < 4.78 is 0. The van der Waals surface area contributed by atoms with Gasteiger partial charge in [-0.25, -0.2) is 0 Å². The van der Waals surface area contributed by atoms with Gasteiger partial charge in [-0.1, -0.05) is 6.92 Å². The average Bonchev–Trinajstić information content (AvgIpc) is 2.37. The molecule has 0 aromatic rings.